The minimum atomic E-state index is -3.47. The summed E-state index contributed by atoms with van der Waals surface area (Å²) in [5.41, 5.74) is 1.27. The van der Waals surface area contributed by atoms with Crippen LogP contribution in [-0.4, -0.2) is 31.7 Å². The Morgan fingerprint density at radius 3 is 2.29 bits per heavy atom. The third-order valence-electron chi connectivity index (χ3n) is 3.85. The lowest BCUT2D eigenvalue weighted by molar-refractivity contribution is 0.0939. The highest BCUT2D eigenvalue weighted by atomic mass is 32.2. The van der Waals surface area contributed by atoms with Crippen LogP contribution in [0.2, 0.25) is 0 Å². The Bertz CT molecular complexity index is 763. The normalized spacial score (nSPS) is 13.0. The van der Waals surface area contributed by atoms with Crippen molar-refractivity contribution < 1.29 is 17.6 Å². The van der Waals surface area contributed by atoms with Crippen LogP contribution in [0, 0.1) is 0 Å². The number of carbonyl (C=O) groups excluding carboxylic acids is 1. The predicted octanol–water partition coefficient (Wildman–Crippen LogP) is 2.80. The molecule has 6 nitrogen and oxygen atoms in total. The van der Waals surface area contributed by atoms with Crippen LogP contribution in [0.1, 0.15) is 42.7 Å². The first-order chi connectivity index (χ1) is 11.4. The highest BCUT2D eigenvalue weighted by molar-refractivity contribution is 7.89. The number of sulfonamides is 1. The molecule has 0 fully saturated rings. The molecule has 0 spiro atoms. The number of benzene rings is 1. The van der Waals surface area contributed by atoms with Gasteiger partial charge in [0, 0.05) is 13.1 Å². The molecule has 0 aliphatic carbocycles. The van der Waals surface area contributed by atoms with Gasteiger partial charge >= 0.3 is 0 Å². The van der Waals surface area contributed by atoms with E-state index in [-0.39, 0.29) is 16.8 Å². The first-order valence-corrected chi connectivity index (χ1v) is 9.27. The first kappa shape index (κ1) is 18.2. The maximum atomic E-state index is 12.5. The van der Waals surface area contributed by atoms with E-state index in [1.165, 1.54) is 16.8 Å². The Balaban J connectivity index is 2.13. The lowest BCUT2D eigenvalue weighted by atomic mass is 10.1. The van der Waals surface area contributed by atoms with E-state index in [2.05, 4.69) is 5.32 Å². The van der Waals surface area contributed by atoms with Gasteiger partial charge in [-0.25, -0.2) is 8.42 Å². The van der Waals surface area contributed by atoms with Crippen molar-refractivity contribution in [3.8, 4) is 0 Å². The summed E-state index contributed by atoms with van der Waals surface area (Å²) in [5, 5.41) is 2.84. The summed E-state index contributed by atoms with van der Waals surface area (Å²) in [6.07, 6.45) is 2.81. The fourth-order valence-corrected chi connectivity index (χ4v) is 3.86. The molecule has 1 unspecified atom stereocenters. The quantitative estimate of drug-likeness (QED) is 0.833. The summed E-state index contributed by atoms with van der Waals surface area (Å²) >= 11 is 0. The molecule has 0 bridgehead atoms. The molecule has 0 saturated carbocycles. The van der Waals surface area contributed by atoms with Crippen LogP contribution in [0.4, 0.5) is 0 Å². The van der Waals surface area contributed by atoms with Gasteiger partial charge < -0.3 is 9.73 Å². The van der Waals surface area contributed by atoms with E-state index in [4.69, 9.17) is 4.42 Å². The number of hydrogen-bond acceptors (Lipinski definition) is 4. The third kappa shape index (κ3) is 3.85. The molecule has 0 aliphatic rings. The zero-order chi connectivity index (χ0) is 17.7. The molecule has 7 heteroatoms. The van der Waals surface area contributed by atoms with Gasteiger partial charge in [0.05, 0.1) is 22.8 Å². The monoisotopic (exact) mass is 350 g/mol. The second-order valence-electron chi connectivity index (χ2n) is 5.37. The average Bonchev–Trinajstić information content (AvgIpc) is 3.10. The molecule has 1 N–H and O–H groups in total. The van der Waals surface area contributed by atoms with Crippen LogP contribution in [0.3, 0.4) is 0 Å². The summed E-state index contributed by atoms with van der Waals surface area (Å²) in [6.45, 7) is 6.31. The van der Waals surface area contributed by atoms with Gasteiger partial charge in [-0.3, -0.25) is 4.79 Å². The molecule has 1 aromatic heterocycles. The van der Waals surface area contributed by atoms with Gasteiger partial charge in [-0.05, 0) is 30.7 Å². The van der Waals surface area contributed by atoms with E-state index in [0.717, 1.165) is 5.56 Å². The second-order valence-corrected chi connectivity index (χ2v) is 7.30. The van der Waals surface area contributed by atoms with Gasteiger partial charge in [0.25, 0.3) is 5.91 Å². The number of nitrogens with zero attached hydrogens (tertiary/aromatic N) is 1. The fraction of sp³-hybridized carbons (Fsp3) is 0.353. The van der Waals surface area contributed by atoms with Gasteiger partial charge in [0.2, 0.25) is 10.0 Å². The molecule has 1 heterocycles. The van der Waals surface area contributed by atoms with E-state index >= 15 is 0 Å². The van der Waals surface area contributed by atoms with Gasteiger partial charge in [0.15, 0.2) is 0 Å². The minimum absolute atomic E-state index is 0.240. The molecule has 1 atom stereocenters. The molecule has 24 heavy (non-hydrogen) atoms. The van der Waals surface area contributed by atoms with Gasteiger partial charge in [0.1, 0.15) is 6.26 Å². The third-order valence-corrected chi connectivity index (χ3v) is 5.92. The second kappa shape index (κ2) is 7.63. The van der Waals surface area contributed by atoms with E-state index < -0.39 is 10.0 Å². The Kier molecular flexibility index (Phi) is 5.80. The van der Waals surface area contributed by atoms with Crippen molar-refractivity contribution >= 4 is 15.9 Å². The molecule has 1 aromatic carbocycles. The van der Waals surface area contributed by atoms with Gasteiger partial charge in [-0.1, -0.05) is 26.0 Å². The molecule has 130 valence electrons. The molecule has 2 rings (SSSR count). The molecule has 0 aliphatic heterocycles. The van der Waals surface area contributed by atoms with Crippen LogP contribution in [0.5, 0.6) is 0 Å². The molecular formula is C17H22N2O4S. The number of nitrogens with one attached hydrogen (secondary N) is 1. The lowest BCUT2D eigenvalue weighted by Crippen LogP contribution is -2.30. The fourth-order valence-electron chi connectivity index (χ4n) is 2.40. The van der Waals surface area contributed by atoms with E-state index in [1.807, 2.05) is 20.8 Å². The molecular weight excluding hydrogens is 328 g/mol. The van der Waals surface area contributed by atoms with Crippen LogP contribution in [-0.2, 0) is 10.0 Å². The Morgan fingerprint density at radius 2 is 1.79 bits per heavy atom. The molecule has 2 aromatic rings. The van der Waals surface area contributed by atoms with Crippen molar-refractivity contribution in [1.82, 2.24) is 9.62 Å². The van der Waals surface area contributed by atoms with Crippen LogP contribution < -0.4 is 5.32 Å². The van der Waals surface area contributed by atoms with Crippen LogP contribution in [0.15, 0.2) is 52.2 Å². The van der Waals surface area contributed by atoms with Crippen LogP contribution >= 0.6 is 0 Å². The zero-order valence-corrected chi connectivity index (χ0v) is 14.8. The highest BCUT2D eigenvalue weighted by Gasteiger charge is 2.21. The highest BCUT2D eigenvalue weighted by Crippen LogP contribution is 2.19. The minimum Gasteiger partial charge on any atom is -0.472 e. The number of furan rings is 1. The maximum absolute atomic E-state index is 12.5. The van der Waals surface area contributed by atoms with Crippen molar-refractivity contribution in [3.63, 3.8) is 0 Å². The smallest absolute Gasteiger partial charge is 0.255 e. The first-order valence-electron chi connectivity index (χ1n) is 7.83. The summed E-state index contributed by atoms with van der Waals surface area (Å²) in [5.74, 6) is -0.240. The largest absolute Gasteiger partial charge is 0.472 e. The summed E-state index contributed by atoms with van der Waals surface area (Å²) in [6, 6.07) is 7.92. The standard InChI is InChI=1S/C17H22N2O4S/c1-4-19(5-2)24(21,22)16-8-6-14(7-9-16)13(3)18-17(20)15-10-11-23-12-15/h6-13H,4-5H2,1-3H3,(H,18,20). The summed E-state index contributed by atoms with van der Waals surface area (Å²) < 4.78 is 31.2. The number of carbonyl (C=O) groups is 1. The van der Waals surface area contributed by atoms with Crippen molar-refractivity contribution in [2.45, 2.75) is 31.7 Å². The summed E-state index contributed by atoms with van der Waals surface area (Å²) in [7, 11) is -3.47. The van der Waals surface area contributed by atoms with Crippen molar-refractivity contribution in [1.29, 1.82) is 0 Å². The Labute approximate surface area is 142 Å². The zero-order valence-electron chi connectivity index (χ0n) is 14.0. The van der Waals surface area contributed by atoms with E-state index in [9.17, 15) is 13.2 Å². The average molecular weight is 350 g/mol. The maximum Gasteiger partial charge on any atom is 0.255 e. The molecule has 0 radical (unpaired) electrons. The number of hydrogen-bond donors (Lipinski definition) is 1. The van der Waals surface area contributed by atoms with Crippen LogP contribution in [0.25, 0.3) is 0 Å². The van der Waals surface area contributed by atoms with Crippen molar-refractivity contribution in [3.05, 3.63) is 54.0 Å². The Morgan fingerprint density at radius 1 is 1.17 bits per heavy atom. The Hall–Kier alpha value is -2.12. The van der Waals surface area contributed by atoms with Gasteiger partial charge in [-0.2, -0.15) is 4.31 Å². The number of amides is 1. The number of rotatable bonds is 7. The van der Waals surface area contributed by atoms with Gasteiger partial charge in [-0.15, -0.1) is 0 Å². The van der Waals surface area contributed by atoms with Crippen molar-refractivity contribution in [2.75, 3.05) is 13.1 Å². The van der Waals surface area contributed by atoms with E-state index in [0.29, 0.717) is 18.7 Å². The van der Waals surface area contributed by atoms with Crippen molar-refractivity contribution in [2.24, 2.45) is 0 Å². The predicted molar refractivity (Wildman–Crippen MR) is 91.1 cm³/mol. The topological polar surface area (TPSA) is 79.6 Å². The lowest BCUT2D eigenvalue weighted by Gasteiger charge is -2.19. The molecule has 0 saturated heterocycles. The van der Waals surface area contributed by atoms with E-state index in [1.54, 1.807) is 30.3 Å². The SMILES string of the molecule is CCN(CC)S(=O)(=O)c1ccc(C(C)NC(=O)c2ccoc2)cc1. The summed E-state index contributed by atoms with van der Waals surface area (Å²) in [4.78, 5) is 12.3. The molecule has 1 amide bonds.